The highest BCUT2D eigenvalue weighted by molar-refractivity contribution is 7.89. The van der Waals surface area contributed by atoms with E-state index < -0.39 is 10.0 Å². The van der Waals surface area contributed by atoms with Gasteiger partial charge >= 0.3 is 0 Å². The predicted octanol–water partition coefficient (Wildman–Crippen LogP) is 4.96. The lowest BCUT2D eigenvalue weighted by molar-refractivity contribution is -0.140. The van der Waals surface area contributed by atoms with Crippen LogP contribution in [0.2, 0.25) is 0 Å². The fourth-order valence-electron chi connectivity index (χ4n) is 5.34. The molecule has 0 aliphatic carbocycles. The summed E-state index contributed by atoms with van der Waals surface area (Å²) in [5, 5.41) is 3.97. The van der Waals surface area contributed by atoms with E-state index in [0.717, 1.165) is 55.3 Å². The summed E-state index contributed by atoms with van der Waals surface area (Å²) in [4.78, 5) is 15.5. The SMILES string of the molecule is CC[C@H]1CCCCN1C(=O)[C@@H]1CCCN(S(=O)(=O)c2c(C)noc2/C=C/c2cc(C)ccc2C)C1. The van der Waals surface area contributed by atoms with Crippen molar-refractivity contribution in [1.82, 2.24) is 14.4 Å². The van der Waals surface area contributed by atoms with Crippen LogP contribution in [-0.4, -0.2) is 54.4 Å². The van der Waals surface area contributed by atoms with Gasteiger partial charge in [-0.25, -0.2) is 8.42 Å². The standard InChI is InChI=1S/C27H37N3O4S/c1-5-24-10-6-7-16-30(24)27(31)23-9-8-15-29(18-23)35(32,33)26-21(4)28-34-25(26)14-13-22-17-19(2)11-12-20(22)3/h11-14,17,23-24H,5-10,15-16,18H2,1-4H3/b14-13+/t23-,24+/m1/s1. The summed E-state index contributed by atoms with van der Waals surface area (Å²) in [6.45, 7) is 9.18. The highest BCUT2D eigenvalue weighted by atomic mass is 32.2. The fourth-order valence-corrected chi connectivity index (χ4v) is 7.12. The van der Waals surface area contributed by atoms with Gasteiger partial charge in [-0.1, -0.05) is 41.9 Å². The minimum atomic E-state index is -3.86. The Labute approximate surface area is 209 Å². The maximum absolute atomic E-state index is 13.8. The average molecular weight is 500 g/mol. The molecule has 0 saturated carbocycles. The van der Waals surface area contributed by atoms with E-state index in [9.17, 15) is 13.2 Å². The van der Waals surface area contributed by atoms with Gasteiger partial charge in [-0.3, -0.25) is 4.79 Å². The van der Waals surface area contributed by atoms with Gasteiger partial charge in [0.25, 0.3) is 0 Å². The van der Waals surface area contributed by atoms with Gasteiger partial charge < -0.3 is 9.42 Å². The second-order valence-electron chi connectivity index (χ2n) is 9.95. The second kappa shape index (κ2) is 10.7. The molecule has 4 rings (SSSR count). The van der Waals surface area contributed by atoms with Crippen molar-refractivity contribution in [2.24, 2.45) is 5.92 Å². The molecule has 0 spiro atoms. The van der Waals surface area contributed by atoms with Gasteiger partial charge in [0, 0.05) is 25.7 Å². The van der Waals surface area contributed by atoms with Crippen molar-refractivity contribution in [2.45, 2.75) is 77.2 Å². The number of carbonyl (C=O) groups is 1. The molecule has 0 bridgehead atoms. The largest absolute Gasteiger partial charge is 0.355 e. The molecule has 1 aromatic heterocycles. The van der Waals surface area contributed by atoms with E-state index >= 15 is 0 Å². The lowest BCUT2D eigenvalue weighted by Crippen LogP contribution is -2.51. The first-order valence-electron chi connectivity index (χ1n) is 12.7. The smallest absolute Gasteiger partial charge is 0.248 e. The third-order valence-electron chi connectivity index (χ3n) is 7.40. The molecular formula is C27H37N3O4S. The third kappa shape index (κ3) is 5.38. The van der Waals surface area contributed by atoms with Crippen LogP contribution < -0.4 is 0 Å². The number of piperidine rings is 2. The summed E-state index contributed by atoms with van der Waals surface area (Å²) in [5.41, 5.74) is 3.55. The molecule has 2 fully saturated rings. The maximum Gasteiger partial charge on any atom is 0.248 e. The van der Waals surface area contributed by atoms with Crippen LogP contribution in [0.1, 0.15) is 73.6 Å². The Hall–Kier alpha value is -2.45. The minimum Gasteiger partial charge on any atom is -0.355 e. The summed E-state index contributed by atoms with van der Waals surface area (Å²) < 4.78 is 34.4. The van der Waals surface area contributed by atoms with E-state index in [2.05, 4.69) is 12.1 Å². The second-order valence-corrected chi connectivity index (χ2v) is 11.8. The van der Waals surface area contributed by atoms with Crippen LogP contribution in [0.25, 0.3) is 12.2 Å². The van der Waals surface area contributed by atoms with Crippen molar-refractivity contribution >= 4 is 28.1 Å². The number of likely N-dealkylation sites (tertiary alicyclic amines) is 1. The fraction of sp³-hybridized carbons (Fsp3) is 0.556. The molecule has 2 atom stereocenters. The maximum atomic E-state index is 13.8. The lowest BCUT2D eigenvalue weighted by Gasteiger charge is -2.40. The summed E-state index contributed by atoms with van der Waals surface area (Å²) in [6.07, 6.45) is 9.08. The van der Waals surface area contributed by atoms with E-state index in [0.29, 0.717) is 18.7 Å². The highest BCUT2D eigenvalue weighted by Crippen LogP contribution is 2.31. The van der Waals surface area contributed by atoms with E-state index in [1.165, 1.54) is 4.31 Å². The number of hydrogen-bond donors (Lipinski definition) is 0. The van der Waals surface area contributed by atoms with Crippen LogP contribution >= 0.6 is 0 Å². The van der Waals surface area contributed by atoms with Crippen molar-refractivity contribution in [3.63, 3.8) is 0 Å². The molecule has 190 valence electrons. The summed E-state index contributed by atoms with van der Waals surface area (Å²) in [5.74, 6) is 0.0206. The van der Waals surface area contributed by atoms with Crippen molar-refractivity contribution < 1.29 is 17.7 Å². The quantitative estimate of drug-likeness (QED) is 0.561. The number of aryl methyl sites for hydroxylation is 3. The predicted molar refractivity (Wildman–Crippen MR) is 137 cm³/mol. The third-order valence-corrected chi connectivity index (χ3v) is 9.42. The number of hydrogen-bond acceptors (Lipinski definition) is 5. The molecule has 35 heavy (non-hydrogen) atoms. The average Bonchev–Trinajstić information content (AvgIpc) is 3.25. The van der Waals surface area contributed by atoms with Crippen LogP contribution in [0.4, 0.5) is 0 Å². The Morgan fingerprint density at radius 1 is 1.11 bits per heavy atom. The Balaban J connectivity index is 1.57. The molecule has 8 heteroatoms. The zero-order valence-electron chi connectivity index (χ0n) is 21.3. The Kier molecular flexibility index (Phi) is 7.81. The molecule has 0 unspecified atom stereocenters. The molecule has 2 aliphatic heterocycles. The van der Waals surface area contributed by atoms with Crippen LogP contribution in [0.5, 0.6) is 0 Å². The molecule has 1 amide bonds. The van der Waals surface area contributed by atoms with E-state index in [1.54, 1.807) is 13.0 Å². The van der Waals surface area contributed by atoms with E-state index in [4.69, 9.17) is 4.52 Å². The number of carbonyl (C=O) groups excluding carboxylic acids is 1. The topological polar surface area (TPSA) is 83.7 Å². The van der Waals surface area contributed by atoms with E-state index in [1.807, 2.05) is 43.0 Å². The van der Waals surface area contributed by atoms with Gasteiger partial charge in [-0.15, -0.1) is 0 Å². The van der Waals surface area contributed by atoms with Crippen LogP contribution in [0, 0.1) is 26.7 Å². The van der Waals surface area contributed by atoms with Gasteiger partial charge in [0.05, 0.1) is 5.92 Å². The number of benzene rings is 1. The van der Waals surface area contributed by atoms with Gasteiger partial charge in [0.15, 0.2) is 10.7 Å². The molecular weight excluding hydrogens is 462 g/mol. The highest BCUT2D eigenvalue weighted by Gasteiger charge is 2.39. The number of aromatic nitrogens is 1. The summed E-state index contributed by atoms with van der Waals surface area (Å²) in [6, 6.07) is 6.40. The molecule has 0 radical (unpaired) electrons. The van der Waals surface area contributed by atoms with Crippen molar-refractivity contribution in [1.29, 1.82) is 0 Å². The first-order chi connectivity index (χ1) is 16.7. The zero-order chi connectivity index (χ0) is 25.2. The Bertz CT molecular complexity index is 1200. The zero-order valence-corrected chi connectivity index (χ0v) is 22.1. The summed E-state index contributed by atoms with van der Waals surface area (Å²) >= 11 is 0. The number of nitrogens with zero attached hydrogens (tertiary/aromatic N) is 3. The van der Waals surface area contributed by atoms with Gasteiger partial charge in [0.1, 0.15) is 5.69 Å². The molecule has 2 aliphatic rings. The first-order valence-corrected chi connectivity index (χ1v) is 14.2. The van der Waals surface area contributed by atoms with Gasteiger partial charge in [-0.2, -0.15) is 4.31 Å². The van der Waals surface area contributed by atoms with Crippen LogP contribution in [-0.2, 0) is 14.8 Å². The van der Waals surface area contributed by atoms with Gasteiger partial charge in [0.2, 0.25) is 15.9 Å². The first kappa shape index (κ1) is 25.6. The van der Waals surface area contributed by atoms with Crippen molar-refractivity contribution in [2.75, 3.05) is 19.6 Å². The minimum absolute atomic E-state index is 0.0940. The van der Waals surface area contributed by atoms with Crippen LogP contribution in [0.3, 0.4) is 0 Å². The normalized spacial score (nSPS) is 22.1. The molecule has 2 aromatic rings. The number of rotatable bonds is 6. The Morgan fingerprint density at radius 3 is 2.69 bits per heavy atom. The summed E-state index contributed by atoms with van der Waals surface area (Å²) in [7, 11) is -3.86. The molecule has 7 nitrogen and oxygen atoms in total. The Morgan fingerprint density at radius 2 is 1.91 bits per heavy atom. The number of amides is 1. The van der Waals surface area contributed by atoms with Crippen molar-refractivity contribution in [3.8, 4) is 0 Å². The van der Waals surface area contributed by atoms with Crippen molar-refractivity contribution in [3.05, 3.63) is 46.3 Å². The molecule has 2 saturated heterocycles. The molecule has 1 aromatic carbocycles. The number of sulfonamides is 1. The monoisotopic (exact) mass is 499 g/mol. The molecule has 3 heterocycles. The van der Waals surface area contributed by atoms with Crippen LogP contribution in [0.15, 0.2) is 27.6 Å². The molecule has 0 N–H and O–H groups in total. The van der Waals surface area contributed by atoms with Gasteiger partial charge in [-0.05, 0) is 76.5 Å². The van der Waals surface area contributed by atoms with E-state index in [-0.39, 0.29) is 35.1 Å². The lowest BCUT2D eigenvalue weighted by atomic mass is 9.93.